The molecule has 2 amide bonds. The average Bonchev–Trinajstić information content (AvgIpc) is 2.81. The molecule has 122 valence electrons. The Balaban J connectivity index is 1.43. The van der Waals surface area contributed by atoms with Crippen LogP contribution in [-0.2, 0) is 21.5 Å². The molecule has 0 aliphatic carbocycles. The van der Waals surface area contributed by atoms with E-state index in [9.17, 15) is 9.59 Å². The maximum Gasteiger partial charge on any atom is 0.237 e. The normalized spacial score (nSPS) is 18.0. The van der Waals surface area contributed by atoms with Crippen molar-refractivity contribution in [3.63, 3.8) is 0 Å². The summed E-state index contributed by atoms with van der Waals surface area (Å²) in [7, 11) is 0. The zero-order valence-corrected chi connectivity index (χ0v) is 13.5. The molecule has 0 atom stereocenters. The monoisotopic (exact) mass is 321 g/mol. The first kappa shape index (κ1) is 14.9. The second-order valence-corrected chi connectivity index (χ2v) is 6.61. The van der Waals surface area contributed by atoms with Gasteiger partial charge in [0, 0.05) is 37.9 Å². The van der Waals surface area contributed by atoms with E-state index in [2.05, 4.69) is 15.5 Å². The summed E-state index contributed by atoms with van der Waals surface area (Å²) in [6.45, 7) is 3.78. The van der Waals surface area contributed by atoms with Gasteiger partial charge in [0.1, 0.15) is 5.41 Å². The van der Waals surface area contributed by atoms with Gasteiger partial charge in [-0.2, -0.15) is 0 Å². The third kappa shape index (κ3) is 2.37. The number of benzene rings is 2. The number of nitrogens with zero attached hydrogens (tertiary/aromatic N) is 1. The number of hydrogen-bond donors (Lipinski definition) is 2. The predicted octanol–water partition coefficient (Wildman–Crippen LogP) is 2.35. The van der Waals surface area contributed by atoms with Gasteiger partial charge in [-0.15, -0.1) is 0 Å². The molecule has 0 radical (unpaired) electrons. The lowest BCUT2D eigenvalue weighted by Crippen LogP contribution is -2.62. The molecule has 0 aromatic heterocycles. The van der Waals surface area contributed by atoms with Gasteiger partial charge >= 0.3 is 0 Å². The van der Waals surface area contributed by atoms with Crippen LogP contribution in [0.1, 0.15) is 18.1 Å². The molecule has 2 N–H and O–H groups in total. The van der Waals surface area contributed by atoms with Crippen LogP contribution in [0.4, 0.5) is 11.4 Å². The van der Waals surface area contributed by atoms with Crippen molar-refractivity contribution >= 4 is 23.2 Å². The molecule has 2 heterocycles. The van der Waals surface area contributed by atoms with Gasteiger partial charge in [-0.1, -0.05) is 30.3 Å². The van der Waals surface area contributed by atoms with Crippen molar-refractivity contribution in [2.75, 3.05) is 23.7 Å². The van der Waals surface area contributed by atoms with E-state index < -0.39 is 0 Å². The summed E-state index contributed by atoms with van der Waals surface area (Å²) >= 11 is 0. The van der Waals surface area contributed by atoms with Crippen molar-refractivity contribution in [3.8, 4) is 0 Å². The fourth-order valence-electron chi connectivity index (χ4n) is 3.67. The lowest BCUT2D eigenvalue weighted by Gasteiger charge is -2.46. The van der Waals surface area contributed by atoms with Crippen LogP contribution in [0.3, 0.4) is 0 Å². The third-order valence-corrected chi connectivity index (χ3v) is 4.79. The molecule has 1 fully saturated rings. The first-order valence-corrected chi connectivity index (χ1v) is 8.07. The quantitative estimate of drug-likeness (QED) is 0.912. The number of nitrogens with one attached hydrogen (secondary N) is 2. The number of rotatable bonds is 3. The van der Waals surface area contributed by atoms with Crippen LogP contribution in [0, 0.1) is 0 Å². The second-order valence-electron chi connectivity index (χ2n) is 6.61. The number of para-hydroxylation sites is 1. The number of anilines is 2. The van der Waals surface area contributed by atoms with Gasteiger partial charge in [0.2, 0.25) is 11.8 Å². The van der Waals surface area contributed by atoms with Gasteiger partial charge < -0.3 is 10.6 Å². The Bertz CT molecular complexity index is 808. The highest BCUT2D eigenvalue weighted by molar-refractivity contribution is 6.07. The molecule has 2 aliphatic heterocycles. The molecule has 2 aromatic rings. The van der Waals surface area contributed by atoms with Crippen LogP contribution in [0.2, 0.25) is 0 Å². The maximum absolute atomic E-state index is 12.4. The molecular formula is C19H19N3O2. The molecular weight excluding hydrogens is 302 g/mol. The van der Waals surface area contributed by atoms with Crippen molar-refractivity contribution in [2.45, 2.75) is 18.9 Å². The largest absolute Gasteiger partial charge is 0.326 e. The fraction of sp³-hybridized carbons (Fsp3) is 0.263. The lowest BCUT2D eigenvalue weighted by molar-refractivity contribution is -0.127. The molecule has 5 heteroatoms. The van der Waals surface area contributed by atoms with E-state index in [1.807, 2.05) is 48.5 Å². The molecule has 2 aliphatic rings. The Hall–Kier alpha value is -2.66. The highest BCUT2D eigenvalue weighted by Crippen LogP contribution is 2.44. The summed E-state index contributed by atoms with van der Waals surface area (Å²) in [5.41, 5.74) is 3.65. The Labute approximate surface area is 140 Å². The van der Waals surface area contributed by atoms with E-state index in [0.29, 0.717) is 0 Å². The minimum atomic E-state index is -0.382. The molecule has 0 unspecified atom stereocenters. The smallest absolute Gasteiger partial charge is 0.237 e. The van der Waals surface area contributed by atoms with Gasteiger partial charge in [-0.05, 0) is 29.3 Å². The van der Waals surface area contributed by atoms with Crippen LogP contribution >= 0.6 is 0 Å². The minimum absolute atomic E-state index is 0.0710. The van der Waals surface area contributed by atoms with E-state index >= 15 is 0 Å². The van der Waals surface area contributed by atoms with Crippen molar-refractivity contribution in [2.24, 2.45) is 0 Å². The van der Waals surface area contributed by atoms with E-state index in [1.54, 1.807) is 0 Å². The summed E-state index contributed by atoms with van der Waals surface area (Å²) in [5, 5.41) is 5.76. The highest BCUT2D eigenvalue weighted by atomic mass is 16.2. The number of carbonyl (C=O) groups excluding carboxylic acids is 2. The van der Waals surface area contributed by atoms with Crippen LogP contribution in [0.5, 0.6) is 0 Å². The minimum Gasteiger partial charge on any atom is -0.326 e. The SMILES string of the molecule is CC(=O)Nc1ccc(CN2CC3(C2)C(=O)Nc2ccccc23)cc1. The molecule has 4 rings (SSSR count). The summed E-state index contributed by atoms with van der Waals surface area (Å²) in [5.74, 6) is 0.0410. The third-order valence-electron chi connectivity index (χ3n) is 4.79. The maximum atomic E-state index is 12.4. The summed E-state index contributed by atoms with van der Waals surface area (Å²) in [6, 6.07) is 15.8. The molecule has 5 nitrogen and oxygen atoms in total. The van der Waals surface area contributed by atoms with Gasteiger partial charge in [-0.3, -0.25) is 14.5 Å². The molecule has 2 aromatic carbocycles. The highest BCUT2D eigenvalue weighted by Gasteiger charge is 2.54. The van der Waals surface area contributed by atoms with Crippen LogP contribution in [-0.4, -0.2) is 29.8 Å². The second kappa shape index (κ2) is 5.46. The van der Waals surface area contributed by atoms with E-state index in [0.717, 1.165) is 36.6 Å². The predicted molar refractivity (Wildman–Crippen MR) is 92.8 cm³/mol. The Morgan fingerprint density at radius 1 is 1.17 bits per heavy atom. The molecule has 24 heavy (non-hydrogen) atoms. The lowest BCUT2D eigenvalue weighted by atomic mass is 9.74. The van der Waals surface area contributed by atoms with Crippen molar-refractivity contribution in [1.29, 1.82) is 0 Å². The summed E-state index contributed by atoms with van der Waals surface area (Å²) < 4.78 is 0. The number of fused-ring (bicyclic) bond motifs is 2. The van der Waals surface area contributed by atoms with Crippen molar-refractivity contribution in [1.82, 2.24) is 4.90 Å². The van der Waals surface area contributed by atoms with Crippen molar-refractivity contribution < 1.29 is 9.59 Å². The average molecular weight is 321 g/mol. The Morgan fingerprint density at radius 3 is 2.58 bits per heavy atom. The topological polar surface area (TPSA) is 61.4 Å². The van der Waals surface area contributed by atoms with E-state index in [4.69, 9.17) is 0 Å². The van der Waals surface area contributed by atoms with E-state index in [1.165, 1.54) is 12.5 Å². The number of amides is 2. The fourth-order valence-corrected chi connectivity index (χ4v) is 3.67. The zero-order chi connectivity index (χ0) is 16.7. The first-order valence-electron chi connectivity index (χ1n) is 8.07. The Morgan fingerprint density at radius 2 is 1.88 bits per heavy atom. The van der Waals surface area contributed by atoms with E-state index in [-0.39, 0.29) is 17.2 Å². The van der Waals surface area contributed by atoms with Crippen molar-refractivity contribution in [3.05, 3.63) is 59.7 Å². The summed E-state index contributed by atoms with van der Waals surface area (Å²) in [6.07, 6.45) is 0. The number of carbonyl (C=O) groups is 2. The van der Waals surface area contributed by atoms with Crippen LogP contribution in [0.25, 0.3) is 0 Å². The molecule has 0 saturated carbocycles. The molecule has 1 spiro atoms. The molecule has 1 saturated heterocycles. The Kier molecular flexibility index (Phi) is 3.39. The van der Waals surface area contributed by atoms with Crippen LogP contribution < -0.4 is 10.6 Å². The molecule has 0 bridgehead atoms. The number of likely N-dealkylation sites (tertiary alicyclic amines) is 1. The zero-order valence-electron chi connectivity index (χ0n) is 13.5. The van der Waals surface area contributed by atoms with Gasteiger partial charge in [0.25, 0.3) is 0 Å². The number of hydrogen-bond acceptors (Lipinski definition) is 3. The van der Waals surface area contributed by atoms with Gasteiger partial charge in [0.15, 0.2) is 0 Å². The standard InChI is InChI=1S/C19H19N3O2/c1-13(23)20-15-8-6-14(7-9-15)10-22-11-19(12-22)16-4-2-3-5-17(16)21-18(19)24/h2-9H,10-12H2,1H3,(H,20,23)(H,21,24). The van der Waals surface area contributed by atoms with Crippen LogP contribution in [0.15, 0.2) is 48.5 Å². The van der Waals surface area contributed by atoms with Gasteiger partial charge in [-0.25, -0.2) is 0 Å². The van der Waals surface area contributed by atoms with Gasteiger partial charge in [0.05, 0.1) is 0 Å². The first-order chi connectivity index (χ1) is 11.6. The summed E-state index contributed by atoms with van der Waals surface area (Å²) in [4.78, 5) is 25.7.